The van der Waals surface area contributed by atoms with Crippen molar-refractivity contribution in [2.45, 2.75) is 26.3 Å². The summed E-state index contributed by atoms with van der Waals surface area (Å²) in [4.78, 5) is 11.6. The maximum Gasteiger partial charge on any atom is 0.244 e. The van der Waals surface area contributed by atoms with Gasteiger partial charge in [0.15, 0.2) is 0 Å². The number of carbonyl (C=O) groups is 1. The third-order valence-electron chi connectivity index (χ3n) is 3.25. The van der Waals surface area contributed by atoms with E-state index in [-0.39, 0.29) is 5.91 Å². The van der Waals surface area contributed by atoms with Gasteiger partial charge in [0, 0.05) is 41.8 Å². The topological polar surface area (TPSA) is 57.8 Å². The first-order chi connectivity index (χ1) is 10.3. The third-order valence-corrected chi connectivity index (χ3v) is 3.25. The van der Waals surface area contributed by atoms with Crippen LogP contribution in [0.1, 0.15) is 25.3 Å². The molecule has 1 heterocycles. The van der Waals surface area contributed by atoms with E-state index in [1.807, 2.05) is 43.5 Å². The molecule has 0 unspecified atom stereocenters. The van der Waals surface area contributed by atoms with Crippen LogP contribution in [0.5, 0.6) is 0 Å². The van der Waals surface area contributed by atoms with Gasteiger partial charge in [0.2, 0.25) is 5.91 Å². The number of aryl methyl sites for hydroxylation is 1. The van der Waals surface area contributed by atoms with Crippen LogP contribution in [0.25, 0.3) is 17.0 Å². The summed E-state index contributed by atoms with van der Waals surface area (Å²) in [5.41, 5.74) is 2.08. The molecule has 0 aliphatic heterocycles. The second kappa shape index (κ2) is 7.30. The van der Waals surface area contributed by atoms with Crippen molar-refractivity contribution in [3.8, 4) is 6.07 Å². The second-order valence-electron chi connectivity index (χ2n) is 4.83. The fourth-order valence-corrected chi connectivity index (χ4v) is 2.24. The molecule has 1 aromatic heterocycles. The van der Waals surface area contributed by atoms with Gasteiger partial charge < -0.3 is 9.88 Å². The standard InChI is InChI=1S/C17H19N3O/c1-2-11-19-17(21)9-8-14-13-20(12-5-10-18)16-7-4-3-6-15(14)16/h3-4,6-9,13H,2,5,11-12H2,1H3,(H,19,21)/b9-8+. The van der Waals surface area contributed by atoms with Crippen LogP contribution in [0.15, 0.2) is 36.5 Å². The van der Waals surface area contributed by atoms with Crippen molar-refractivity contribution in [2.24, 2.45) is 0 Å². The maximum atomic E-state index is 11.6. The zero-order chi connectivity index (χ0) is 15.1. The lowest BCUT2D eigenvalue weighted by Crippen LogP contribution is -2.21. The van der Waals surface area contributed by atoms with Gasteiger partial charge in [-0.1, -0.05) is 25.1 Å². The van der Waals surface area contributed by atoms with Crippen LogP contribution < -0.4 is 5.32 Å². The SMILES string of the molecule is CCCNC(=O)/C=C/c1cn(CCC#N)c2ccccc12. The van der Waals surface area contributed by atoms with Crippen molar-refractivity contribution in [1.29, 1.82) is 5.26 Å². The minimum atomic E-state index is -0.0781. The van der Waals surface area contributed by atoms with E-state index in [2.05, 4.69) is 16.0 Å². The largest absolute Gasteiger partial charge is 0.353 e. The molecule has 4 nitrogen and oxygen atoms in total. The Hall–Kier alpha value is -2.54. The van der Waals surface area contributed by atoms with Crippen molar-refractivity contribution in [1.82, 2.24) is 9.88 Å². The maximum absolute atomic E-state index is 11.6. The number of carbonyl (C=O) groups excluding carboxylic acids is 1. The van der Waals surface area contributed by atoms with E-state index in [9.17, 15) is 4.79 Å². The van der Waals surface area contributed by atoms with E-state index in [0.717, 1.165) is 22.9 Å². The van der Waals surface area contributed by atoms with Crippen molar-refractivity contribution in [3.05, 3.63) is 42.1 Å². The summed E-state index contributed by atoms with van der Waals surface area (Å²) < 4.78 is 2.06. The molecule has 1 amide bonds. The summed E-state index contributed by atoms with van der Waals surface area (Å²) in [6.45, 7) is 3.37. The molecule has 0 saturated heterocycles. The van der Waals surface area contributed by atoms with Gasteiger partial charge in [-0.25, -0.2) is 0 Å². The molecule has 0 spiro atoms. The van der Waals surface area contributed by atoms with Gasteiger partial charge in [-0.05, 0) is 18.6 Å². The molecule has 4 heteroatoms. The first-order valence-corrected chi connectivity index (χ1v) is 7.17. The average molecular weight is 281 g/mol. The fraction of sp³-hybridized carbons (Fsp3) is 0.294. The molecule has 0 fully saturated rings. The number of fused-ring (bicyclic) bond motifs is 1. The van der Waals surface area contributed by atoms with Gasteiger partial charge in [-0.15, -0.1) is 0 Å². The number of nitriles is 1. The summed E-state index contributed by atoms with van der Waals surface area (Å²) >= 11 is 0. The molecule has 0 radical (unpaired) electrons. The Morgan fingerprint density at radius 1 is 1.43 bits per heavy atom. The number of benzene rings is 1. The van der Waals surface area contributed by atoms with Crippen LogP contribution in [0.2, 0.25) is 0 Å². The van der Waals surface area contributed by atoms with Crippen LogP contribution in [0.3, 0.4) is 0 Å². The van der Waals surface area contributed by atoms with Crippen molar-refractivity contribution in [2.75, 3.05) is 6.54 Å². The number of rotatable bonds is 6. The minimum absolute atomic E-state index is 0.0781. The van der Waals surface area contributed by atoms with E-state index in [0.29, 0.717) is 19.5 Å². The molecular weight excluding hydrogens is 262 g/mol. The third kappa shape index (κ3) is 3.73. The minimum Gasteiger partial charge on any atom is -0.353 e. The van der Waals surface area contributed by atoms with Gasteiger partial charge in [0.05, 0.1) is 12.5 Å². The van der Waals surface area contributed by atoms with Gasteiger partial charge in [0.25, 0.3) is 0 Å². The Morgan fingerprint density at radius 2 is 2.24 bits per heavy atom. The van der Waals surface area contributed by atoms with Crippen molar-refractivity contribution < 1.29 is 4.79 Å². The molecular formula is C17H19N3O. The Balaban J connectivity index is 2.25. The first kappa shape index (κ1) is 14.9. The Kier molecular flexibility index (Phi) is 5.16. The molecule has 1 N–H and O–H groups in total. The van der Waals surface area contributed by atoms with Crippen molar-refractivity contribution in [3.63, 3.8) is 0 Å². The molecule has 2 aromatic rings. The molecule has 0 atom stereocenters. The second-order valence-corrected chi connectivity index (χ2v) is 4.83. The Morgan fingerprint density at radius 3 is 3.00 bits per heavy atom. The predicted octanol–water partition coefficient (Wildman–Crippen LogP) is 3.09. The summed E-state index contributed by atoms with van der Waals surface area (Å²) in [6, 6.07) is 10.2. The normalized spacial score (nSPS) is 10.9. The number of amides is 1. The highest BCUT2D eigenvalue weighted by atomic mass is 16.1. The molecule has 108 valence electrons. The highest BCUT2D eigenvalue weighted by Gasteiger charge is 2.06. The van der Waals surface area contributed by atoms with Crippen LogP contribution in [-0.2, 0) is 11.3 Å². The summed E-state index contributed by atoms with van der Waals surface area (Å²) in [6.07, 6.45) is 6.78. The molecule has 1 aromatic carbocycles. The van der Waals surface area contributed by atoms with Crippen LogP contribution in [0.4, 0.5) is 0 Å². The van der Waals surface area contributed by atoms with E-state index in [4.69, 9.17) is 5.26 Å². The molecule has 0 saturated carbocycles. The lowest BCUT2D eigenvalue weighted by Gasteiger charge is -2.00. The summed E-state index contributed by atoms with van der Waals surface area (Å²) in [5, 5.41) is 12.6. The lowest BCUT2D eigenvalue weighted by atomic mass is 10.1. The zero-order valence-corrected chi connectivity index (χ0v) is 12.2. The summed E-state index contributed by atoms with van der Waals surface area (Å²) in [5.74, 6) is -0.0781. The van der Waals surface area contributed by atoms with E-state index < -0.39 is 0 Å². The van der Waals surface area contributed by atoms with Crippen molar-refractivity contribution >= 4 is 22.9 Å². The molecule has 21 heavy (non-hydrogen) atoms. The van der Waals surface area contributed by atoms with E-state index in [1.54, 1.807) is 6.08 Å². The predicted molar refractivity (Wildman–Crippen MR) is 84.5 cm³/mol. The molecule has 0 aliphatic rings. The van der Waals surface area contributed by atoms with Crippen LogP contribution in [-0.4, -0.2) is 17.0 Å². The molecule has 0 bridgehead atoms. The number of nitrogens with one attached hydrogen (secondary N) is 1. The van der Waals surface area contributed by atoms with Gasteiger partial charge >= 0.3 is 0 Å². The van der Waals surface area contributed by atoms with Crippen LogP contribution in [0, 0.1) is 11.3 Å². The molecule has 2 rings (SSSR count). The highest BCUT2D eigenvalue weighted by molar-refractivity contribution is 5.96. The zero-order valence-electron chi connectivity index (χ0n) is 12.2. The molecule has 0 aliphatic carbocycles. The van der Waals surface area contributed by atoms with Gasteiger partial charge in [0.1, 0.15) is 0 Å². The van der Waals surface area contributed by atoms with Crippen LogP contribution >= 0.6 is 0 Å². The average Bonchev–Trinajstić information content (AvgIpc) is 2.87. The lowest BCUT2D eigenvalue weighted by molar-refractivity contribution is -0.116. The number of hydrogen-bond donors (Lipinski definition) is 1. The van der Waals surface area contributed by atoms with E-state index >= 15 is 0 Å². The van der Waals surface area contributed by atoms with Gasteiger partial charge in [-0.3, -0.25) is 4.79 Å². The quantitative estimate of drug-likeness (QED) is 0.827. The van der Waals surface area contributed by atoms with E-state index in [1.165, 1.54) is 0 Å². The fourth-order valence-electron chi connectivity index (χ4n) is 2.24. The first-order valence-electron chi connectivity index (χ1n) is 7.17. The summed E-state index contributed by atoms with van der Waals surface area (Å²) in [7, 11) is 0. The number of hydrogen-bond acceptors (Lipinski definition) is 2. The number of para-hydroxylation sites is 1. The number of nitrogens with zero attached hydrogens (tertiary/aromatic N) is 2. The highest BCUT2D eigenvalue weighted by Crippen LogP contribution is 2.22. The monoisotopic (exact) mass is 281 g/mol. The smallest absolute Gasteiger partial charge is 0.244 e. The Bertz CT molecular complexity index is 692. The van der Waals surface area contributed by atoms with Gasteiger partial charge in [-0.2, -0.15) is 5.26 Å². The number of aromatic nitrogens is 1. The Labute approximate surface area is 124 Å².